The van der Waals surface area contributed by atoms with E-state index in [4.69, 9.17) is 5.73 Å². The first-order valence-electron chi connectivity index (χ1n) is 5.19. The molecule has 1 heterocycles. The van der Waals surface area contributed by atoms with Crippen LogP contribution in [0.5, 0.6) is 0 Å². The number of aromatic nitrogens is 1. The van der Waals surface area contributed by atoms with Gasteiger partial charge in [0.05, 0.1) is 0 Å². The third-order valence-corrected chi connectivity index (χ3v) is 3.15. The minimum atomic E-state index is 0.387. The highest BCUT2D eigenvalue weighted by Gasteiger charge is 2.28. The van der Waals surface area contributed by atoms with Crippen molar-refractivity contribution in [1.82, 2.24) is 10.3 Å². The molecule has 0 radical (unpaired) electrons. The standard InChI is InChI=1S/C11H17N3/c1-13-11(8-3-2-4-8)9-7-14-6-5-10(9)12/h5-8,11,13H,2-4H2,1H3,(H2,12,14). The van der Waals surface area contributed by atoms with Crippen LogP contribution in [0, 0.1) is 5.92 Å². The van der Waals surface area contributed by atoms with Crippen molar-refractivity contribution in [3.8, 4) is 0 Å². The lowest BCUT2D eigenvalue weighted by Crippen LogP contribution is -2.30. The number of anilines is 1. The highest BCUT2D eigenvalue weighted by molar-refractivity contribution is 5.46. The van der Waals surface area contributed by atoms with E-state index in [-0.39, 0.29) is 0 Å². The van der Waals surface area contributed by atoms with E-state index in [1.54, 1.807) is 6.20 Å². The minimum absolute atomic E-state index is 0.387. The first kappa shape index (κ1) is 9.46. The summed E-state index contributed by atoms with van der Waals surface area (Å²) in [5, 5.41) is 3.34. The Hall–Kier alpha value is -1.09. The Morgan fingerprint density at radius 1 is 1.57 bits per heavy atom. The molecule has 0 aliphatic heterocycles. The van der Waals surface area contributed by atoms with Crippen molar-refractivity contribution >= 4 is 5.69 Å². The van der Waals surface area contributed by atoms with E-state index >= 15 is 0 Å². The van der Waals surface area contributed by atoms with Gasteiger partial charge in [-0.05, 0) is 31.9 Å². The quantitative estimate of drug-likeness (QED) is 0.765. The Kier molecular flexibility index (Phi) is 2.68. The number of nitrogen functional groups attached to an aromatic ring is 1. The van der Waals surface area contributed by atoms with E-state index < -0.39 is 0 Å². The molecule has 3 heteroatoms. The highest BCUT2D eigenvalue weighted by atomic mass is 14.9. The Balaban J connectivity index is 2.22. The molecule has 3 nitrogen and oxygen atoms in total. The van der Waals surface area contributed by atoms with Gasteiger partial charge in [-0.25, -0.2) is 0 Å². The predicted molar refractivity (Wildman–Crippen MR) is 57.8 cm³/mol. The molecule has 1 unspecified atom stereocenters. The predicted octanol–water partition coefficient (Wildman–Crippen LogP) is 1.72. The van der Waals surface area contributed by atoms with Crippen molar-refractivity contribution < 1.29 is 0 Å². The summed E-state index contributed by atoms with van der Waals surface area (Å²) in [5.41, 5.74) is 7.94. The van der Waals surface area contributed by atoms with Crippen LogP contribution in [-0.4, -0.2) is 12.0 Å². The molecule has 1 aromatic heterocycles. The van der Waals surface area contributed by atoms with Crippen molar-refractivity contribution in [2.24, 2.45) is 5.92 Å². The molecular weight excluding hydrogens is 174 g/mol. The summed E-state index contributed by atoms with van der Waals surface area (Å²) in [6.07, 6.45) is 7.59. The van der Waals surface area contributed by atoms with Gasteiger partial charge >= 0.3 is 0 Å². The lowest BCUT2D eigenvalue weighted by atomic mass is 9.77. The Morgan fingerprint density at radius 3 is 2.86 bits per heavy atom. The fourth-order valence-corrected chi connectivity index (χ4v) is 2.10. The number of hydrogen-bond donors (Lipinski definition) is 2. The van der Waals surface area contributed by atoms with Gasteiger partial charge in [0.15, 0.2) is 0 Å². The van der Waals surface area contributed by atoms with E-state index in [0.29, 0.717) is 6.04 Å². The molecule has 1 aliphatic carbocycles. The summed E-state index contributed by atoms with van der Waals surface area (Å²) < 4.78 is 0. The maximum Gasteiger partial charge on any atom is 0.0393 e. The van der Waals surface area contributed by atoms with E-state index in [2.05, 4.69) is 10.3 Å². The van der Waals surface area contributed by atoms with Crippen LogP contribution in [0.3, 0.4) is 0 Å². The topological polar surface area (TPSA) is 50.9 Å². The summed E-state index contributed by atoms with van der Waals surface area (Å²) >= 11 is 0. The zero-order valence-corrected chi connectivity index (χ0v) is 8.53. The molecule has 1 aromatic rings. The average molecular weight is 191 g/mol. The molecule has 0 saturated heterocycles. The molecule has 1 aliphatic rings. The van der Waals surface area contributed by atoms with Gasteiger partial charge in [0.1, 0.15) is 0 Å². The summed E-state index contributed by atoms with van der Waals surface area (Å²) in [5.74, 6) is 0.742. The molecule has 0 amide bonds. The lowest BCUT2D eigenvalue weighted by molar-refractivity contribution is 0.239. The molecular formula is C11H17N3. The van der Waals surface area contributed by atoms with Crippen LogP contribution in [0.15, 0.2) is 18.5 Å². The van der Waals surface area contributed by atoms with Crippen LogP contribution in [0.1, 0.15) is 30.9 Å². The first-order valence-corrected chi connectivity index (χ1v) is 5.19. The fraction of sp³-hybridized carbons (Fsp3) is 0.545. The molecule has 0 bridgehead atoms. The molecule has 0 aromatic carbocycles. The minimum Gasteiger partial charge on any atom is -0.398 e. The van der Waals surface area contributed by atoms with Gasteiger partial charge in [0, 0.05) is 29.7 Å². The molecule has 76 valence electrons. The lowest BCUT2D eigenvalue weighted by Gasteiger charge is -2.34. The smallest absolute Gasteiger partial charge is 0.0393 e. The Bertz CT molecular complexity index is 307. The van der Waals surface area contributed by atoms with Gasteiger partial charge in [-0.1, -0.05) is 6.42 Å². The molecule has 1 saturated carbocycles. The number of nitrogens with one attached hydrogen (secondary N) is 1. The van der Waals surface area contributed by atoms with Crippen molar-refractivity contribution in [2.75, 3.05) is 12.8 Å². The SMILES string of the molecule is CNC(c1cnccc1N)C1CCC1. The monoisotopic (exact) mass is 191 g/mol. The average Bonchev–Trinajstić information content (AvgIpc) is 2.12. The van der Waals surface area contributed by atoms with Gasteiger partial charge in [-0.3, -0.25) is 4.98 Å². The summed E-state index contributed by atoms with van der Waals surface area (Å²) in [6, 6.07) is 2.26. The van der Waals surface area contributed by atoms with Crippen molar-refractivity contribution in [3.63, 3.8) is 0 Å². The normalized spacial score (nSPS) is 18.9. The van der Waals surface area contributed by atoms with Gasteiger partial charge in [0.2, 0.25) is 0 Å². The van der Waals surface area contributed by atoms with Crippen molar-refractivity contribution in [1.29, 1.82) is 0 Å². The number of rotatable bonds is 3. The largest absolute Gasteiger partial charge is 0.398 e. The third kappa shape index (κ3) is 1.60. The third-order valence-electron chi connectivity index (χ3n) is 3.15. The Morgan fingerprint density at radius 2 is 2.36 bits per heavy atom. The van der Waals surface area contributed by atoms with Crippen LogP contribution in [-0.2, 0) is 0 Å². The number of nitrogens with two attached hydrogens (primary N) is 1. The second kappa shape index (κ2) is 3.96. The Labute approximate surface area is 84.7 Å². The van der Waals surface area contributed by atoms with Crippen LogP contribution >= 0.6 is 0 Å². The molecule has 1 atom stereocenters. The van der Waals surface area contributed by atoms with Gasteiger partial charge in [0.25, 0.3) is 0 Å². The summed E-state index contributed by atoms with van der Waals surface area (Å²) in [7, 11) is 2.00. The van der Waals surface area contributed by atoms with Crippen LogP contribution in [0.4, 0.5) is 5.69 Å². The highest BCUT2D eigenvalue weighted by Crippen LogP contribution is 2.38. The second-order valence-corrected chi connectivity index (χ2v) is 3.96. The van der Waals surface area contributed by atoms with Crippen molar-refractivity contribution in [2.45, 2.75) is 25.3 Å². The number of nitrogens with zero attached hydrogens (tertiary/aromatic N) is 1. The van der Waals surface area contributed by atoms with Crippen LogP contribution < -0.4 is 11.1 Å². The maximum absolute atomic E-state index is 5.93. The number of hydrogen-bond acceptors (Lipinski definition) is 3. The first-order chi connectivity index (χ1) is 6.83. The van der Waals surface area contributed by atoms with E-state index in [9.17, 15) is 0 Å². The second-order valence-electron chi connectivity index (χ2n) is 3.96. The number of pyridine rings is 1. The van der Waals surface area contributed by atoms with Crippen LogP contribution in [0.25, 0.3) is 0 Å². The van der Waals surface area contributed by atoms with E-state index in [1.165, 1.54) is 19.3 Å². The maximum atomic E-state index is 5.93. The molecule has 1 fully saturated rings. The molecule has 2 rings (SSSR count). The van der Waals surface area contributed by atoms with E-state index in [0.717, 1.165) is 17.2 Å². The van der Waals surface area contributed by atoms with Crippen LogP contribution in [0.2, 0.25) is 0 Å². The molecule has 0 spiro atoms. The summed E-state index contributed by atoms with van der Waals surface area (Å²) in [6.45, 7) is 0. The van der Waals surface area contributed by atoms with E-state index in [1.807, 2.05) is 19.3 Å². The zero-order valence-electron chi connectivity index (χ0n) is 8.53. The van der Waals surface area contributed by atoms with Gasteiger partial charge < -0.3 is 11.1 Å². The van der Waals surface area contributed by atoms with Crippen molar-refractivity contribution in [3.05, 3.63) is 24.0 Å². The van der Waals surface area contributed by atoms with Gasteiger partial charge in [-0.2, -0.15) is 0 Å². The molecule has 14 heavy (non-hydrogen) atoms. The summed E-state index contributed by atoms with van der Waals surface area (Å²) in [4.78, 5) is 4.14. The zero-order chi connectivity index (χ0) is 9.97. The fourth-order valence-electron chi connectivity index (χ4n) is 2.10. The molecule has 3 N–H and O–H groups in total. The van der Waals surface area contributed by atoms with Gasteiger partial charge in [-0.15, -0.1) is 0 Å².